The quantitative estimate of drug-likeness (QED) is 0.801. The number of ether oxygens (including phenoxy) is 1. The van der Waals surface area contributed by atoms with Crippen LogP contribution in [-0.2, 0) is 14.9 Å². The molecule has 120 valence electrons. The van der Waals surface area contributed by atoms with Gasteiger partial charge in [0.05, 0.1) is 0 Å². The van der Waals surface area contributed by atoms with Gasteiger partial charge in [-0.15, -0.1) is 0 Å². The maximum Gasteiger partial charge on any atom is 0.319 e. The zero-order valence-electron chi connectivity index (χ0n) is 13.3. The first-order valence-corrected chi connectivity index (χ1v) is 8.09. The summed E-state index contributed by atoms with van der Waals surface area (Å²) in [6.07, 6.45) is 4.02. The molecule has 2 fully saturated rings. The van der Waals surface area contributed by atoms with Crippen LogP contribution in [0, 0.1) is 0 Å². The van der Waals surface area contributed by atoms with Crippen LogP contribution in [0.3, 0.4) is 0 Å². The smallest absolute Gasteiger partial charge is 0.319 e. The third-order valence-electron chi connectivity index (χ3n) is 5.46. The minimum Gasteiger partial charge on any atom is -0.462 e. The molecule has 2 unspecified atom stereocenters. The largest absolute Gasteiger partial charge is 0.462 e. The number of carbonyl (C=O) groups excluding carboxylic acids is 1. The average molecular weight is 305 g/mol. The molecule has 3 nitrogen and oxygen atoms in total. The Morgan fingerprint density at radius 2 is 1.86 bits per heavy atom. The SMILES string of the molecule is CN1[C@@H]2CC[C@H]1CC(OC(=O)C(C)(CF)c1ccccc1)C2. The van der Waals surface area contributed by atoms with Gasteiger partial charge >= 0.3 is 5.97 Å². The number of nitrogens with zero attached hydrogens (tertiary/aromatic N) is 1. The van der Waals surface area contributed by atoms with Crippen molar-refractivity contribution >= 4 is 5.97 Å². The monoisotopic (exact) mass is 305 g/mol. The van der Waals surface area contributed by atoms with Crippen molar-refractivity contribution in [3.8, 4) is 0 Å². The number of esters is 1. The first-order chi connectivity index (χ1) is 10.5. The van der Waals surface area contributed by atoms with E-state index in [9.17, 15) is 9.18 Å². The van der Waals surface area contributed by atoms with E-state index in [1.54, 1.807) is 19.1 Å². The Balaban J connectivity index is 1.71. The van der Waals surface area contributed by atoms with Gasteiger partial charge in [-0.1, -0.05) is 30.3 Å². The molecule has 22 heavy (non-hydrogen) atoms. The molecule has 1 aromatic carbocycles. The molecule has 0 radical (unpaired) electrons. The summed E-state index contributed by atoms with van der Waals surface area (Å²) >= 11 is 0. The summed E-state index contributed by atoms with van der Waals surface area (Å²) in [6.45, 7) is 0.892. The molecule has 4 heteroatoms. The molecule has 2 heterocycles. The van der Waals surface area contributed by atoms with Gasteiger partial charge in [-0.25, -0.2) is 4.39 Å². The molecule has 2 aliphatic heterocycles. The van der Waals surface area contributed by atoms with Crippen molar-refractivity contribution < 1.29 is 13.9 Å². The Morgan fingerprint density at radius 3 is 2.41 bits per heavy atom. The molecular formula is C18H24FNO2. The normalized spacial score (nSPS) is 30.8. The highest BCUT2D eigenvalue weighted by atomic mass is 19.1. The van der Waals surface area contributed by atoms with Crippen molar-refractivity contribution in [3.63, 3.8) is 0 Å². The highest BCUT2D eigenvalue weighted by Gasteiger charge is 2.43. The molecule has 0 N–H and O–H groups in total. The van der Waals surface area contributed by atoms with Crippen LogP contribution in [0.2, 0.25) is 0 Å². The third kappa shape index (κ3) is 2.65. The molecule has 0 saturated carbocycles. The zero-order chi connectivity index (χ0) is 15.7. The lowest BCUT2D eigenvalue weighted by Gasteiger charge is -2.37. The predicted octanol–water partition coefficient (Wildman–Crippen LogP) is 3.08. The summed E-state index contributed by atoms with van der Waals surface area (Å²) in [5.41, 5.74) is -0.526. The van der Waals surface area contributed by atoms with Crippen molar-refractivity contribution in [2.24, 2.45) is 0 Å². The van der Waals surface area contributed by atoms with Crippen LogP contribution in [0.15, 0.2) is 30.3 Å². The third-order valence-corrected chi connectivity index (χ3v) is 5.46. The van der Waals surface area contributed by atoms with Crippen molar-refractivity contribution in [1.82, 2.24) is 4.90 Å². The summed E-state index contributed by atoms with van der Waals surface area (Å²) in [5, 5.41) is 0. The van der Waals surface area contributed by atoms with Gasteiger partial charge in [-0.3, -0.25) is 4.79 Å². The zero-order valence-corrected chi connectivity index (χ0v) is 13.3. The van der Waals surface area contributed by atoms with Gasteiger partial charge in [-0.05, 0) is 45.2 Å². The molecule has 0 spiro atoms. The minimum absolute atomic E-state index is 0.0733. The maximum atomic E-state index is 13.7. The number of alkyl halides is 1. The van der Waals surface area contributed by atoms with Crippen LogP contribution in [0.5, 0.6) is 0 Å². The topological polar surface area (TPSA) is 29.5 Å². The Bertz CT molecular complexity index is 521. The highest BCUT2D eigenvalue weighted by molar-refractivity contribution is 5.83. The summed E-state index contributed by atoms with van der Waals surface area (Å²) < 4.78 is 19.4. The van der Waals surface area contributed by atoms with E-state index < -0.39 is 18.1 Å². The second kappa shape index (κ2) is 5.99. The van der Waals surface area contributed by atoms with Crippen molar-refractivity contribution in [3.05, 3.63) is 35.9 Å². The molecule has 0 aromatic heterocycles. The molecule has 1 aromatic rings. The summed E-state index contributed by atoms with van der Waals surface area (Å²) in [7, 11) is 2.15. The van der Waals surface area contributed by atoms with E-state index in [1.165, 1.54) is 12.8 Å². The van der Waals surface area contributed by atoms with Gasteiger partial charge in [0.1, 0.15) is 18.2 Å². The van der Waals surface area contributed by atoms with E-state index in [0.29, 0.717) is 17.6 Å². The first-order valence-electron chi connectivity index (χ1n) is 8.09. The van der Waals surface area contributed by atoms with Gasteiger partial charge < -0.3 is 9.64 Å². The molecule has 3 rings (SSSR count). The molecule has 2 bridgehead atoms. The van der Waals surface area contributed by atoms with Crippen LogP contribution in [0.25, 0.3) is 0 Å². The molecule has 0 aliphatic carbocycles. The standard InChI is InChI=1S/C18H24FNO2/c1-18(12-19,13-6-4-3-5-7-13)17(21)22-16-10-14-8-9-15(11-16)20(14)2/h3-7,14-16H,8-12H2,1-2H3/t14-,15+,16?,18?. The Labute approximate surface area is 131 Å². The van der Waals surface area contributed by atoms with E-state index in [-0.39, 0.29) is 6.10 Å². The fourth-order valence-electron chi connectivity index (χ4n) is 3.79. The Morgan fingerprint density at radius 1 is 1.27 bits per heavy atom. The summed E-state index contributed by atoms with van der Waals surface area (Å²) in [6, 6.07) is 10.1. The fraction of sp³-hybridized carbons (Fsp3) is 0.611. The van der Waals surface area contributed by atoms with Gasteiger partial charge in [0.15, 0.2) is 0 Å². The van der Waals surface area contributed by atoms with Gasteiger partial charge in [-0.2, -0.15) is 0 Å². The number of rotatable bonds is 4. The van der Waals surface area contributed by atoms with E-state index >= 15 is 0 Å². The van der Waals surface area contributed by atoms with Gasteiger partial charge in [0.2, 0.25) is 0 Å². The van der Waals surface area contributed by atoms with Crippen LogP contribution in [0.4, 0.5) is 4.39 Å². The Kier molecular flexibility index (Phi) is 4.22. The van der Waals surface area contributed by atoms with Gasteiger partial charge in [0, 0.05) is 12.1 Å². The number of carbonyl (C=O) groups is 1. The van der Waals surface area contributed by atoms with Crippen LogP contribution < -0.4 is 0 Å². The van der Waals surface area contributed by atoms with Crippen molar-refractivity contribution in [2.45, 2.75) is 56.2 Å². The van der Waals surface area contributed by atoms with E-state index in [0.717, 1.165) is 12.8 Å². The maximum absolute atomic E-state index is 13.7. The number of fused-ring (bicyclic) bond motifs is 2. The summed E-state index contributed by atoms with van der Waals surface area (Å²) in [5.74, 6) is -0.435. The van der Waals surface area contributed by atoms with Crippen LogP contribution >= 0.6 is 0 Å². The van der Waals surface area contributed by atoms with Crippen molar-refractivity contribution in [2.75, 3.05) is 13.7 Å². The second-order valence-electron chi connectivity index (χ2n) is 6.88. The Hall–Kier alpha value is -1.42. The lowest BCUT2D eigenvalue weighted by molar-refractivity contribution is -0.159. The molecule has 0 amide bonds. The molecular weight excluding hydrogens is 281 g/mol. The lowest BCUT2D eigenvalue weighted by atomic mass is 9.83. The van der Waals surface area contributed by atoms with E-state index in [2.05, 4.69) is 11.9 Å². The second-order valence-corrected chi connectivity index (χ2v) is 6.88. The number of hydrogen-bond acceptors (Lipinski definition) is 3. The molecule has 2 aliphatic rings. The van der Waals surface area contributed by atoms with Crippen molar-refractivity contribution in [1.29, 1.82) is 0 Å². The fourth-order valence-corrected chi connectivity index (χ4v) is 3.79. The summed E-state index contributed by atoms with van der Waals surface area (Å²) in [4.78, 5) is 15.0. The van der Waals surface area contributed by atoms with Crippen LogP contribution in [0.1, 0.15) is 38.2 Å². The number of hydrogen-bond donors (Lipinski definition) is 0. The van der Waals surface area contributed by atoms with Crippen LogP contribution in [-0.4, -0.2) is 42.8 Å². The minimum atomic E-state index is -1.20. The lowest BCUT2D eigenvalue weighted by Crippen LogP contribution is -2.46. The first kappa shape index (κ1) is 15.5. The number of halogens is 1. The average Bonchev–Trinajstić information content (AvgIpc) is 2.76. The van der Waals surface area contributed by atoms with Gasteiger partial charge in [0.25, 0.3) is 0 Å². The van der Waals surface area contributed by atoms with E-state index in [4.69, 9.17) is 4.74 Å². The van der Waals surface area contributed by atoms with E-state index in [1.807, 2.05) is 18.2 Å². The molecule has 4 atom stereocenters. The highest BCUT2D eigenvalue weighted by Crippen LogP contribution is 2.36. The predicted molar refractivity (Wildman–Crippen MR) is 83.5 cm³/mol. The number of piperidine rings is 1. The molecule has 2 saturated heterocycles. The number of benzene rings is 1.